The van der Waals surface area contributed by atoms with E-state index in [9.17, 15) is 13.2 Å². The van der Waals surface area contributed by atoms with E-state index in [1.54, 1.807) is 0 Å². The number of alkyl halides is 3. The molecular formula is C9H5BrF3N3. The highest BCUT2D eigenvalue weighted by molar-refractivity contribution is 9.10. The Kier molecular flexibility index (Phi) is 2.71. The number of rotatable bonds is 1. The van der Waals surface area contributed by atoms with E-state index >= 15 is 0 Å². The van der Waals surface area contributed by atoms with E-state index in [4.69, 9.17) is 0 Å². The van der Waals surface area contributed by atoms with Crippen molar-refractivity contribution in [1.82, 2.24) is 15.2 Å². The number of aromatic amines is 1. The number of hydrogen-bond acceptors (Lipinski definition) is 2. The molecule has 0 saturated heterocycles. The fraction of sp³-hybridized carbons (Fsp3) is 0.111. The van der Waals surface area contributed by atoms with Crippen molar-refractivity contribution in [3.05, 3.63) is 34.6 Å². The highest BCUT2D eigenvalue weighted by atomic mass is 79.9. The van der Waals surface area contributed by atoms with Gasteiger partial charge in [-0.3, -0.25) is 5.10 Å². The Morgan fingerprint density at radius 2 is 1.94 bits per heavy atom. The minimum Gasteiger partial charge on any atom is -0.265 e. The van der Waals surface area contributed by atoms with Crippen LogP contribution in [0.1, 0.15) is 5.56 Å². The van der Waals surface area contributed by atoms with Crippen LogP contribution in [0.5, 0.6) is 0 Å². The summed E-state index contributed by atoms with van der Waals surface area (Å²) in [6.07, 6.45) is -3.07. The van der Waals surface area contributed by atoms with Crippen LogP contribution >= 0.6 is 15.9 Å². The smallest absolute Gasteiger partial charge is 0.265 e. The molecule has 2 aromatic rings. The zero-order chi connectivity index (χ0) is 11.8. The fourth-order valence-electron chi connectivity index (χ4n) is 1.23. The molecule has 0 fully saturated rings. The highest BCUT2D eigenvalue weighted by Crippen LogP contribution is 2.33. The van der Waals surface area contributed by atoms with Crippen LogP contribution in [0, 0.1) is 0 Å². The fourth-order valence-corrected chi connectivity index (χ4v) is 1.72. The molecule has 0 atom stereocenters. The van der Waals surface area contributed by atoms with Crippen LogP contribution in [0.2, 0.25) is 0 Å². The first kappa shape index (κ1) is 11.1. The molecule has 0 bridgehead atoms. The van der Waals surface area contributed by atoms with Crippen LogP contribution in [0.3, 0.4) is 0 Å². The SMILES string of the molecule is FC(F)(F)c1cc(Br)cc(-c2nc[nH]n2)c1. The molecule has 0 unspecified atom stereocenters. The molecule has 0 aliphatic rings. The second-order valence-corrected chi connectivity index (χ2v) is 3.96. The maximum atomic E-state index is 12.5. The first-order valence-corrected chi connectivity index (χ1v) is 5.00. The average Bonchev–Trinajstić information content (AvgIpc) is 2.68. The molecule has 3 nitrogen and oxygen atoms in total. The van der Waals surface area contributed by atoms with Gasteiger partial charge in [0.05, 0.1) is 5.56 Å². The summed E-state index contributed by atoms with van der Waals surface area (Å²) in [5, 5.41) is 6.17. The van der Waals surface area contributed by atoms with Crippen LogP contribution < -0.4 is 0 Å². The normalized spacial score (nSPS) is 11.8. The Labute approximate surface area is 96.8 Å². The summed E-state index contributed by atoms with van der Waals surface area (Å²) < 4.78 is 37.9. The van der Waals surface area contributed by atoms with Gasteiger partial charge in [0.25, 0.3) is 0 Å². The number of nitrogens with zero attached hydrogens (tertiary/aromatic N) is 2. The zero-order valence-electron chi connectivity index (χ0n) is 7.72. The van der Waals surface area contributed by atoms with E-state index in [-0.39, 0.29) is 5.82 Å². The van der Waals surface area contributed by atoms with Crippen LogP contribution in [0.4, 0.5) is 13.2 Å². The maximum absolute atomic E-state index is 12.5. The van der Waals surface area contributed by atoms with Crippen molar-refractivity contribution in [1.29, 1.82) is 0 Å². The Bertz CT molecular complexity index is 493. The summed E-state index contributed by atoms with van der Waals surface area (Å²) in [4.78, 5) is 3.80. The summed E-state index contributed by atoms with van der Waals surface area (Å²) in [5.41, 5.74) is -0.426. The van der Waals surface area contributed by atoms with Crippen molar-refractivity contribution in [3.8, 4) is 11.4 Å². The zero-order valence-corrected chi connectivity index (χ0v) is 9.30. The number of halogens is 4. The first-order valence-electron chi connectivity index (χ1n) is 4.21. The van der Waals surface area contributed by atoms with Gasteiger partial charge in [0.2, 0.25) is 0 Å². The van der Waals surface area contributed by atoms with E-state index < -0.39 is 11.7 Å². The summed E-state index contributed by atoms with van der Waals surface area (Å²) in [6.45, 7) is 0. The van der Waals surface area contributed by atoms with Gasteiger partial charge < -0.3 is 0 Å². The first-order chi connectivity index (χ1) is 7.47. The molecule has 1 heterocycles. The van der Waals surface area contributed by atoms with Gasteiger partial charge in [0, 0.05) is 10.0 Å². The average molecular weight is 292 g/mol. The number of H-pyrrole nitrogens is 1. The standard InChI is InChI=1S/C9H5BrF3N3/c10-7-2-5(8-14-4-15-16-8)1-6(3-7)9(11,12)13/h1-4H,(H,14,15,16). The molecule has 1 aromatic carbocycles. The van der Waals surface area contributed by atoms with Gasteiger partial charge in [0.15, 0.2) is 5.82 Å². The second kappa shape index (κ2) is 3.89. The molecule has 1 N–H and O–H groups in total. The molecule has 0 amide bonds. The third-order valence-electron chi connectivity index (χ3n) is 1.90. The topological polar surface area (TPSA) is 41.6 Å². The summed E-state index contributed by atoms with van der Waals surface area (Å²) in [7, 11) is 0. The number of nitrogens with one attached hydrogen (secondary N) is 1. The van der Waals surface area contributed by atoms with Crippen LogP contribution in [0.15, 0.2) is 29.0 Å². The predicted molar refractivity (Wildman–Crippen MR) is 54.5 cm³/mol. The van der Waals surface area contributed by atoms with Crippen molar-refractivity contribution in [2.75, 3.05) is 0 Å². The Morgan fingerprint density at radius 3 is 2.50 bits per heavy atom. The lowest BCUT2D eigenvalue weighted by atomic mass is 10.1. The van der Waals surface area contributed by atoms with Crippen LogP contribution in [0.25, 0.3) is 11.4 Å². The summed E-state index contributed by atoms with van der Waals surface area (Å²) in [5.74, 6) is 0.229. The Hall–Kier alpha value is -1.37. The lowest BCUT2D eigenvalue weighted by Crippen LogP contribution is -2.05. The molecule has 0 aliphatic carbocycles. The minimum absolute atomic E-state index is 0.229. The van der Waals surface area contributed by atoms with Crippen LogP contribution in [-0.2, 0) is 6.18 Å². The molecule has 2 rings (SSSR count). The van der Waals surface area contributed by atoms with Crippen LogP contribution in [-0.4, -0.2) is 15.2 Å². The molecule has 0 saturated carbocycles. The van der Waals surface area contributed by atoms with Gasteiger partial charge in [-0.25, -0.2) is 4.98 Å². The molecule has 0 aliphatic heterocycles. The van der Waals surface area contributed by atoms with Gasteiger partial charge >= 0.3 is 6.18 Å². The molecule has 7 heteroatoms. The largest absolute Gasteiger partial charge is 0.416 e. The van der Waals surface area contributed by atoms with E-state index in [2.05, 4.69) is 31.1 Å². The molecule has 84 valence electrons. The second-order valence-electron chi connectivity index (χ2n) is 3.05. The number of aromatic nitrogens is 3. The van der Waals surface area contributed by atoms with E-state index in [1.807, 2.05) is 0 Å². The van der Waals surface area contributed by atoms with Crippen molar-refractivity contribution in [3.63, 3.8) is 0 Å². The Balaban J connectivity index is 2.53. The predicted octanol–water partition coefficient (Wildman–Crippen LogP) is 3.25. The lowest BCUT2D eigenvalue weighted by Gasteiger charge is -2.08. The summed E-state index contributed by atoms with van der Waals surface area (Å²) in [6, 6.07) is 3.54. The molecule has 0 radical (unpaired) electrons. The molecule has 1 aromatic heterocycles. The van der Waals surface area contributed by atoms with E-state index in [1.165, 1.54) is 12.4 Å². The molecular weight excluding hydrogens is 287 g/mol. The monoisotopic (exact) mass is 291 g/mol. The summed E-state index contributed by atoms with van der Waals surface area (Å²) >= 11 is 3.03. The highest BCUT2D eigenvalue weighted by Gasteiger charge is 2.31. The number of hydrogen-bond donors (Lipinski definition) is 1. The number of benzene rings is 1. The Morgan fingerprint density at radius 1 is 1.19 bits per heavy atom. The van der Waals surface area contributed by atoms with Crippen molar-refractivity contribution in [2.24, 2.45) is 0 Å². The maximum Gasteiger partial charge on any atom is 0.416 e. The van der Waals surface area contributed by atoms with Gasteiger partial charge in [-0.2, -0.15) is 18.3 Å². The van der Waals surface area contributed by atoms with Gasteiger partial charge in [0.1, 0.15) is 6.33 Å². The van der Waals surface area contributed by atoms with Crippen molar-refractivity contribution in [2.45, 2.75) is 6.18 Å². The van der Waals surface area contributed by atoms with E-state index in [0.29, 0.717) is 10.0 Å². The minimum atomic E-state index is -4.38. The third kappa shape index (κ3) is 2.24. The van der Waals surface area contributed by atoms with Gasteiger partial charge in [-0.15, -0.1) is 0 Å². The van der Waals surface area contributed by atoms with E-state index in [0.717, 1.165) is 12.1 Å². The quantitative estimate of drug-likeness (QED) is 0.876. The molecule has 0 spiro atoms. The lowest BCUT2D eigenvalue weighted by molar-refractivity contribution is -0.137. The third-order valence-corrected chi connectivity index (χ3v) is 2.36. The van der Waals surface area contributed by atoms with Crippen molar-refractivity contribution >= 4 is 15.9 Å². The van der Waals surface area contributed by atoms with Gasteiger partial charge in [-0.05, 0) is 18.2 Å². The van der Waals surface area contributed by atoms with Gasteiger partial charge in [-0.1, -0.05) is 15.9 Å². The molecule has 16 heavy (non-hydrogen) atoms. The van der Waals surface area contributed by atoms with Crippen molar-refractivity contribution < 1.29 is 13.2 Å².